The Hall–Kier alpha value is -1.93. The largest absolute Gasteiger partial charge is 0.358 e. The summed E-state index contributed by atoms with van der Waals surface area (Å²) in [7, 11) is 0. The Bertz CT molecular complexity index is 763. The van der Waals surface area contributed by atoms with Crippen LogP contribution in [0.3, 0.4) is 0 Å². The molecule has 0 atom stereocenters. The lowest BCUT2D eigenvalue weighted by Gasteiger charge is -2.01. The summed E-state index contributed by atoms with van der Waals surface area (Å²) in [5.74, 6) is 1.42. The Labute approximate surface area is 129 Å². The Balaban J connectivity index is 1.68. The average Bonchev–Trinajstić information content (AvgIpc) is 3.02. The zero-order valence-electron chi connectivity index (χ0n) is 11.2. The zero-order valence-corrected chi connectivity index (χ0v) is 12.9. The SMILES string of the molecule is Cc1ncc([N+](=O)[O-])n1CCSc1nc2ccccc2s1. The maximum Gasteiger partial charge on any atom is 0.342 e. The second kappa shape index (κ2) is 5.82. The van der Waals surface area contributed by atoms with Gasteiger partial charge in [-0.25, -0.2) is 14.5 Å². The Morgan fingerprint density at radius 1 is 1.43 bits per heavy atom. The van der Waals surface area contributed by atoms with Crippen molar-refractivity contribution in [3.8, 4) is 0 Å². The molecule has 0 radical (unpaired) electrons. The summed E-state index contributed by atoms with van der Waals surface area (Å²) < 4.78 is 3.77. The molecule has 2 aromatic heterocycles. The maximum atomic E-state index is 10.9. The number of hydrogen-bond donors (Lipinski definition) is 0. The van der Waals surface area contributed by atoms with E-state index in [1.807, 2.05) is 24.3 Å². The molecule has 21 heavy (non-hydrogen) atoms. The van der Waals surface area contributed by atoms with Gasteiger partial charge in [-0.15, -0.1) is 11.3 Å². The minimum atomic E-state index is -0.400. The Kier molecular flexibility index (Phi) is 3.89. The molecule has 0 fully saturated rings. The highest BCUT2D eigenvalue weighted by atomic mass is 32.2. The van der Waals surface area contributed by atoms with Gasteiger partial charge in [-0.1, -0.05) is 23.9 Å². The highest BCUT2D eigenvalue weighted by Crippen LogP contribution is 2.29. The van der Waals surface area contributed by atoms with E-state index in [4.69, 9.17) is 0 Å². The van der Waals surface area contributed by atoms with Gasteiger partial charge in [0.2, 0.25) is 0 Å². The molecular weight excluding hydrogens is 308 g/mol. The van der Waals surface area contributed by atoms with Crippen molar-refractivity contribution < 1.29 is 4.92 Å². The fraction of sp³-hybridized carbons (Fsp3) is 0.231. The second-order valence-corrected chi connectivity index (χ2v) is 6.74. The maximum absolute atomic E-state index is 10.9. The third-order valence-electron chi connectivity index (χ3n) is 3.04. The average molecular weight is 320 g/mol. The number of thiazole rings is 1. The van der Waals surface area contributed by atoms with E-state index in [1.54, 1.807) is 34.6 Å². The van der Waals surface area contributed by atoms with Crippen molar-refractivity contribution in [3.05, 3.63) is 46.4 Å². The molecule has 0 aliphatic heterocycles. The van der Waals surface area contributed by atoms with Crippen LogP contribution in [0.2, 0.25) is 0 Å². The molecule has 108 valence electrons. The summed E-state index contributed by atoms with van der Waals surface area (Å²) in [6.07, 6.45) is 1.30. The molecule has 8 heteroatoms. The quantitative estimate of drug-likeness (QED) is 0.408. The number of nitrogens with zero attached hydrogens (tertiary/aromatic N) is 4. The highest BCUT2D eigenvalue weighted by molar-refractivity contribution is 8.01. The molecule has 1 aromatic carbocycles. The highest BCUT2D eigenvalue weighted by Gasteiger charge is 2.17. The summed E-state index contributed by atoms with van der Waals surface area (Å²) >= 11 is 3.25. The van der Waals surface area contributed by atoms with Gasteiger partial charge in [0.25, 0.3) is 0 Å². The lowest BCUT2D eigenvalue weighted by molar-refractivity contribution is -0.392. The molecule has 0 saturated carbocycles. The van der Waals surface area contributed by atoms with E-state index in [2.05, 4.69) is 9.97 Å². The van der Waals surface area contributed by atoms with Gasteiger partial charge in [-0.2, -0.15) is 0 Å². The molecule has 0 unspecified atom stereocenters. The minimum absolute atomic E-state index is 0.0393. The van der Waals surface area contributed by atoms with Crippen molar-refractivity contribution in [2.45, 2.75) is 17.8 Å². The first-order chi connectivity index (χ1) is 10.1. The fourth-order valence-electron chi connectivity index (χ4n) is 2.02. The third-order valence-corrected chi connectivity index (χ3v) is 5.20. The number of para-hydroxylation sites is 1. The third kappa shape index (κ3) is 2.91. The van der Waals surface area contributed by atoms with Crippen LogP contribution < -0.4 is 0 Å². The van der Waals surface area contributed by atoms with Crippen LogP contribution in [0.5, 0.6) is 0 Å². The van der Waals surface area contributed by atoms with Gasteiger partial charge in [-0.05, 0) is 17.1 Å². The fourth-order valence-corrected chi connectivity index (χ4v) is 4.08. The van der Waals surface area contributed by atoms with Crippen LogP contribution in [-0.2, 0) is 6.54 Å². The van der Waals surface area contributed by atoms with E-state index in [-0.39, 0.29) is 5.82 Å². The predicted octanol–water partition coefficient (Wildman–Crippen LogP) is 3.50. The number of aryl methyl sites for hydroxylation is 1. The van der Waals surface area contributed by atoms with E-state index < -0.39 is 4.92 Å². The summed E-state index contributed by atoms with van der Waals surface area (Å²) in [5, 5.41) is 10.9. The molecule has 2 heterocycles. The van der Waals surface area contributed by atoms with E-state index in [0.29, 0.717) is 12.4 Å². The first kappa shape index (κ1) is 14.0. The van der Waals surface area contributed by atoms with E-state index in [9.17, 15) is 10.1 Å². The molecule has 3 rings (SSSR count). The van der Waals surface area contributed by atoms with Crippen molar-refractivity contribution in [2.75, 3.05) is 5.75 Å². The minimum Gasteiger partial charge on any atom is -0.358 e. The smallest absolute Gasteiger partial charge is 0.342 e. The summed E-state index contributed by atoms with van der Waals surface area (Å²) in [5.41, 5.74) is 0.995. The molecule has 0 amide bonds. The molecule has 0 aliphatic rings. The van der Waals surface area contributed by atoms with Gasteiger partial charge < -0.3 is 10.1 Å². The number of hydrogen-bond acceptors (Lipinski definition) is 6. The van der Waals surface area contributed by atoms with Crippen LogP contribution in [-0.4, -0.2) is 25.2 Å². The zero-order chi connectivity index (χ0) is 14.8. The number of aromatic nitrogens is 3. The van der Waals surface area contributed by atoms with Crippen molar-refractivity contribution in [3.63, 3.8) is 0 Å². The molecule has 0 bridgehead atoms. The van der Waals surface area contributed by atoms with Crippen LogP contribution in [0.4, 0.5) is 5.82 Å². The van der Waals surface area contributed by atoms with Gasteiger partial charge >= 0.3 is 5.82 Å². The van der Waals surface area contributed by atoms with Crippen molar-refractivity contribution in [2.24, 2.45) is 0 Å². The van der Waals surface area contributed by atoms with E-state index in [1.165, 1.54) is 6.20 Å². The predicted molar refractivity (Wildman–Crippen MR) is 84.0 cm³/mol. The number of fused-ring (bicyclic) bond motifs is 1. The van der Waals surface area contributed by atoms with E-state index in [0.717, 1.165) is 20.3 Å². The van der Waals surface area contributed by atoms with Crippen molar-refractivity contribution >= 4 is 39.1 Å². The number of rotatable bonds is 5. The monoisotopic (exact) mass is 320 g/mol. The topological polar surface area (TPSA) is 73.8 Å². The normalized spacial score (nSPS) is 11.1. The summed E-state index contributed by atoms with van der Waals surface area (Å²) in [6, 6.07) is 7.99. The summed E-state index contributed by atoms with van der Waals surface area (Å²) in [6.45, 7) is 2.32. The number of imidazole rings is 1. The van der Waals surface area contributed by atoms with Crippen LogP contribution in [0.15, 0.2) is 34.8 Å². The first-order valence-electron chi connectivity index (χ1n) is 6.30. The second-order valence-electron chi connectivity index (χ2n) is 4.37. The van der Waals surface area contributed by atoms with Crippen LogP contribution in [0, 0.1) is 17.0 Å². The summed E-state index contributed by atoms with van der Waals surface area (Å²) in [4.78, 5) is 19.0. The molecule has 0 spiro atoms. The molecule has 6 nitrogen and oxygen atoms in total. The van der Waals surface area contributed by atoms with Crippen molar-refractivity contribution in [1.82, 2.24) is 14.5 Å². The van der Waals surface area contributed by atoms with Crippen LogP contribution in [0.1, 0.15) is 5.82 Å². The number of thioether (sulfide) groups is 1. The van der Waals surface area contributed by atoms with Gasteiger partial charge in [0.15, 0.2) is 10.2 Å². The van der Waals surface area contributed by atoms with Gasteiger partial charge in [0.1, 0.15) is 12.7 Å². The van der Waals surface area contributed by atoms with Gasteiger partial charge in [-0.3, -0.25) is 0 Å². The van der Waals surface area contributed by atoms with Crippen LogP contribution in [0.25, 0.3) is 10.2 Å². The Morgan fingerprint density at radius 2 is 2.24 bits per heavy atom. The lowest BCUT2D eigenvalue weighted by Crippen LogP contribution is -2.06. The van der Waals surface area contributed by atoms with Gasteiger partial charge in [0.05, 0.1) is 10.2 Å². The standard InChI is InChI=1S/C13H12N4O2S2/c1-9-14-8-12(17(18)19)16(9)6-7-20-13-15-10-4-2-3-5-11(10)21-13/h2-5,8H,6-7H2,1H3. The van der Waals surface area contributed by atoms with E-state index >= 15 is 0 Å². The molecule has 0 aliphatic carbocycles. The number of benzene rings is 1. The Morgan fingerprint density at radius 3 is 3.00 bits per heavy atom. The van der Waals surface area contributed by atoms with Crippen LogP contribution >= 0.6 is 23.1 Å². The molecule has 0 N–H and O–H groups in total. The van der Waals surface area contributed by atoms with Crippen molar-refractivity contribution in [1.29, 1.82) is 0 Å². The lowest BCUT2D eigenvalue weighted by atomic mass is 10.3. The molecular formula is C13H12N4O2S2. The molecule has 0 saturated heterocycles. The van der Waals surface area contributed by atoms with Gasteiger partial charge in [0, 0.05) is 12.7 Å². The molecule has 3 aromatic rings. The number of nitro groups is 1. The first-order valence-corrected chi connectivity index (χ1v) is 8.10.